The minimum absolute atomic E-state index is 0.0592. The van der Waals surface area contributed by atoms with E-state index in [4.69, 9.17) is 11.5 Å². The molecule has 2 unspecified atom stereocenters. The normalized spacial score (nSPS) is 26.6. The summed E-state index contributed by atoms with van der Waals surface area (Å²) >= 11 is 0. The quantitative estimate of drug-likeness (QED) is 0.706. The van der Waals surface area contributed by atoms with Crippen molar-refractivity contribution >= 4 is 16.2 Å². The second-order valence-electron chi connectivity index (χ2n) is 4.88. The number of hydrogen-bond acceptors (Lipinski definition) is 4. The maximum absolute atomic E-state index is 11.3. The van der Waals surface area contributed by atoms with Gasteiger partial charge in [0, 0.05) is 12.1 Å². The van der Waals surface area contributed by atoms with Crippen molar-refractivity contribution in [3.63, 3.8) is 0 Å². The third-order valence-electron chi connectivity index (χ3n) is 3.36. The summed E-state index contributed by atoms with van der Waals surface area (Å²) in [6.45, 7) is 0. The number of benzene rings is 1. The minimum Gasteiger partial charge on any atom is -0.327 e. The fourth-order valence-corrected chi connectivity index (χ4v) is 3.01. The van der Waals surface area contributed by atoms with Crippen LogP contribution in [-0.4, -0.2) is 25.1 Å². The molecule has 1 aliphatic rings. The van der Waals surface area contributed by atoms with Gasteiger partial charge in [0.2, 0.25) is 0 Å². The van der Waals surface area contributed by atoms with E-state index in [2.05, 4.69) is 0 Å². The molecule has 0 spiro atoms. The van der Waals surface area contributed by atoms with Gasteiger partial charge in [0.15, 0.2) is 0 Å². The van der Waals surface area contributed by atoms with Crippen molar-refractivity contribution in [2.45, 2.75) is 36.2 Å². The van der Waals surface area contributed by atoms with Crippen LogP contribution in [-0.2, 0) is 10.1 Å². The monoisotopic (exact) mass is 282 g/mol. The van der Waals surface area contributed by atoms with Gasteiger partial charge in [-0.3, -0.25) is 4.55 Å². The summed E-state index contributed by atoms with van der Waals surface area (Å²) in [5.41, 5.74) is 13.3. The van der Waals surface area contributed by atoms with Crippen LogP contribution in [0.5, 0.6) is 0 Å². The van der Waals surface area contributed by atoms with Crippen LogP contribution >= 0.6 is 0 Å². The Morgan fingerprint density at radius 1 is 1.21 bits per heavy atom. The molecule has 2 atom stereocenters. The summed E-state index contributed by atoms with van der Waals surface area (Å²) in [6, 6.07) is 6.25. The molecule has 0 heterocycles. The van der Waals surface area contributed by atoms with Gasteiger partial charge in [-0.05, 0) is 30.9 Å². The minimum atomic E-state index is -4.23. The third kappa shape index (κ3) is 3.42. The second kappa shape index (κ2) is 5.42. The Morgan fingerprint density at radius 2 is 1.89 bits per heavy atom. The van der Waals surface area contributed by atoms with Crippen molar-refractivity contribution in [2.24, 2.45) is 11.5 Å². The number of rotatable bonds is 2. The molecule has 1 fully saturated rings. The van der Waals surface area contributed by atoms with Crippen molar-refractivity contribution in [3.05, 3.63) is 35.4 Å². The van der Waals surface area contributed by atoms with Crippen LogP contribution in [0.15, 0.2) is 34.7 Å². The molecule has 0 bridgehead atoms. The van der Waals surface area contributed by atoms with Gasteiger partial charge in [-0.2, -0.15) is 8.42 Å². The van der Waals surface area contributed by atoms with Gasteiger partial charge < -0.3 is 11.5 Å². The van der Waals surface area contributed by atoms with E-state index >= 15 is 0 Å². The molecule has 1 aromatic carbocycles. The molecular formula is C13H18N2O3S. The van der Waals surface area contributed by atoms with Gasteiger partial charge in [0.1, 0.15) is 4.90 Å². The Labute approximate surface area is 113 Å². The van der Waals surface area contributed by atoms with E-state index < -0.39 is 10.1 Å². The molecule has 19 heavy (non-hydrogen) atoms. The summed E-state index contributed by atoms with van der Waals surface area (Å²) in [5, 5.41) is 0. The van der Waals surface area contributed by atoms with Crippen molar-refractivity contribution in [2.75, 3.05) is 0 Å². The van der Waals surface area contributed by atoms with Gasteiger partial charge in [-0.25, -0.2) is 0 Å². The smallest absolute Gasteiger partial charge is 0.295 e. The van der Waals surface area contributed by atoms with Crippen molar-refractivity contribution in [1.29, 1.82) is 0 Å². The molecule has 0 amide bonds. The third-order valence-corrected chi connectivity index (χ3v) is 4.29. The molecule has 0 aromatic heterocycles. The van der Waals surface area contributed by atoms with E-state index in [0.717, 1.165) is 18.4 Å². The molecule has 0 aliphatic heterocycles. The molecule has 6 heteroatoms. The summed E-state index contributed by atoms with van der Waals surface area (Å²) in [5.74, 6) is 0. The van der Waals surface area contributed by atoms with Gasteiger partial charge in [0.05, 0.1) is 0 Å². The highest BCUT2D eigenvalue weighted by molar-refractivity contribution is 7.85. The first-order valence-electron chi connectivity index (χ1n) is 6.16. The molecule has 5 N–H and O–H groups in total. The fraction of sp³-hybridized carbons (Fsp3) is 0.385. The second-order valence-corrected chi connectivity index (χ2v) is 6.27. The molecule has 2 rings (SSSR count). The fourth-order valence-electron chi connectivity index (χ4n) is 2.34. The van der Waals surface area contributed by atoms with Crippen LogP contribution < -0.4 is 11.5 Å². The van der Waals surface area contributed by atoms with Crippen LogP contribution in [0.4, 0.5) is 0 Å². The van der Waals surface area contributed by atoms with Crippen molar-refractivity contribution < 1.29 is 13.0 Å². The van der Waals surface area contributed by atoms with Crippen LogP contribution in [0.2, 0.25) is 0 Å². The Morgan fingerprint density at radius 3 is 2.58 bits per heavy atom. The van der Waals surface area contributed by atoms with Gasteiger partial charge >= 0.3 is 0 Å². The number of nitrogens with two attached hydrogens (primary N) is 2. The standard InChI is InChI=1S/C13H18N2O3S/c14-11-5-6-12(15)10(8-11)7-9-3-1-2-4-13(9)19(16,17)18/h1-4,7,11-12H,5-6,8,14-15H2,(H,16,17,18). The highest BCUT2D eigenvalue weighted by Gasteiger charge is 2.21. The van der Waals surface area contributed by atoms with Crippen LogP contribution in [0, 0.1) is 0 Å². The Kier molecular flexibility index (Phi) is 4.05. The molecule has 0 radical (unpaired) electrons. The van der Waals surface area contributed by atoms with Gasteiger partial charge in [0.25, 0.3) is 10.1 Å². The Hall–Kier alpha value is -1.21. The lowest BCUT2D eigenvalue weighted by atomic mass is 9.86. The molecular weight excluding hydrogens is 264 g/mol. The zero-order chi connectivity index (χ0) is 14.0. The lowest BCUT2D eigenvalue weighted by Gasteiger charge is -2.26. The molecule has 0 saturated heterocycles. The average Bonchev–Trinajstić information content (AvgIpc) is 2.33. The van der Waals surface area contributed by atoms with Gasteiger partial charge in [-0.15, -0.1) is 0 Å². The summed E-state index contributed by atoms with van der Waals surface area (Å²) < 4.78 is 31.8. The van der Waals surface area contributed by atoms with Crippen LogP contribution in [0.1, 0.15) is 24.8 Å². The highest BCUT2D eigenvalue weighted by atomic mass is 32.2. The molecule has 5 nitrogen and oxygen atoms in total. The van der Waals surface area contributed by atoms with Crippen molar-refractivity contribution in [3.8, 4) is 0 Å². The summed E-state index contributed by atoms with van der Waals surface area (Å²) in [6.07, 6.45) is 4.05. The predicted octanol–water partition coefficient (Wildman–Crippen LogP) is 1.16. The largest absolute Gasteiger partial charge is 0.327 e. The van der Waals surface area contributed by atoms with E-state index in [9.17, 15) is 13.0 Å². The Balaban J connectivity index is 2.43. The molecule has 104 valence electrons. The van der Waals surface area contributed by atoms with Crippen LogP contribution in [0.25, 0.3) is 6.08 Å². The molecule has 1 saturated carbocycles. The maximum Gasteiger partial charge on any atom is 0.295 e. The molecule has 1 aliphatic carbocycles. The topological polar surface area (TPSA) is 106 Å². The summed E-state index contributed by atoms with van der Waals surface area (Å²) in [7, 11) is -4.23. The lowest BCUT2D eigenvalue weighted by Crippen LogP contribution is -2.35. The lowest BCUT2D eigenvalue weighted by molar-refractivity contribution is 0.477. The van der Waals surface area contributed by atoms with Gasteiger partial charge in [-0.1, -0.05) is 29.8 Å². The maximum atomic E-state index is 11.3. The zero-order valence-electron chi connectivity index (χ0n) is 10.5. The van der Waals surface area contributed by atoms with E-state index in [1.165, 1.54) is 6.07 Å². The van der Waals surface area contributed by atoms with E-state index in [1.807, 2.05) is 0 Å². The zero-order valence-corrected chi connectivity index (χ0v) is 11.3. The first kappa shape index (κ1) is 14.2. The number of hydrogen-bond donors (Lipinski definition) is 3. The predicted molar refractivity (Wildman–Crippen MR) is 74.0 cm³/mol. The van der Waals surface area contributed by atoms with E-state index in [-0.39, 0.29) is 17.0 Å². The van der Waals surface area contributed by atoms with E-state index in [1.54, 1.807) is 24.3 Å². The first-order valence-corrected chi connectivity index (χ1v) is 7.60. The average molecular weight is 282 g/mol. The Bertz CT molecular complexity index is 596. The van der Waals surface area contributed by atoms with Crippen molar-refractivity contribution in [1.82, 2.24) is 0 Å². The van der Waals surface area contributed by atoms with Crippen LogP contribution in [0.3, 0.4) is 0 Å². The molecule has 1 aromatic rings. The SMILES string of the molecule is NC1CCC(N)C(=Cc2ccccc2S(=O)(=O)O)C1. The first-order chi connectivity index (χ1) is 8.88. The van der Waals surface area contributed by atoms with E-state index in [0.29, 0.717) is 12.0 Å². The highest BCUT2D eigenvalue weighted by Crippen LogP contribution is 2.26. The summed E-state index contributed by atoms with van der Waals surface area (Å²) in [4.78, 5) is -0.103.